The summed E-state index contributed by atoms with van der Waals surface area (Å²) in [4.78, 5) is 37.4. The molecule has 1 aromatic carbocycles. The molecule has 2 amide bonds. The Labute approximate surface area is 135 Å². The van der Waals surface area contributed by atoms with Crippen molar-refractivity contribution in [1.29, 1.82) is 0 Å². The van der Waals surface area contributed by atoms with Crippen molar-refractivity contribution >= 4 is 17.8 Å². The number of carboxylic acid groups (broad SMARTS) is 1. The van der Waals surface area contributed by atoms with Gasteiger partial charge in [0.1, 0.15) is 5.75 Å². The Morgan fingerprint density at radius 1 is 1.13 bits per heavy atom. The first-order valence-corrected chi connectivity index (χ1v) is 7.22. The van der Waals surface area contributed by atoms with Crippen LogP contribution in [0.3, 0.4) is 0 Å². The lowest BCUT2D eigenvalue weighted by Crippen LogP contribution is -2.30. The molecule has 1 rings (SSSR count). The van der Waals surface area contributed by atoms with E-state index < -0.39 is 5.97 Å². The van der Waals surface area contributed by atoms with Gasteiger partial charge in [-0.05, 0) is 18.6 Å². The molecule has 0 fully saturated rings. The van der Waals surface area contributed by atoms with Gasteiger partial charge in [-0.25, -0.2) is 0 Å². The first-order valence-electron chi connectivity index (χ1n) is 7.22. The van der Waals surface area contributed by atoms with Crippen LogP contribution in [0.2, 0.25) is 0 Å². The highest BCUT2D eigenvalue weighted by Crippen LogP contribution is 2.19. The first kappa shape index (κ1) is 18.5. The van der Waals surface area contributed by atoms with Crippen molar-refractivity contribution in [3.8, 4) is 5.75 Å². The zero-order chi connectivity index (χ0) is 17.4. The predicted octanol–water partition coefficient (Wildman–Crippen LogP) is 1.09. The van der Waals surface area contributed by atoms with Crippen LogP contribution >= 0.6 is 0 Å². The van der Waals surface area contributed by atoms with E-state index in [1.807, 2.05) is 0 Å². The summed E-state index contributed by atoms with van der Waals surface area (Å²) in [6.45, 7) is 0.177. The normalized spacial score (nSPS) is 10.0. The number of hydrogen-bond acceptors (Lipinski definition) is 4. The number of likely N-dealkylation sites (N-methyl/N-ethyl adjacent to an activating group) is 1. The Balaban J connectivity index is 2.73. The number of carboxylic acids is 1. The fourth-order valence-corrected chi connectivity index (χ4v) is 1.81. The zero-order valence-corrected chi connectivity index (χ0v) is 13.6. The minimum absolute atomic E-state index is 0.00705. The maximum absolute atomic E-state index is 12.4. The van der Waals surface area contributed by atoms with Crippen LogP contribution in [0.1, 0.15) is 23.2 Å². The molecule has 1 N–H and O–H groups in total. The second-order valence-corrected chi connectivity index (χ2v) is 5.30. The Kier molecular flexibility index (Phi) is 7.05. The molecule has 0 saturated carbocycles. The molecule has 0 aliphatic heterocycles. The van der Waals surface area contributed by atoms with E-state index >= 15 is 0 Å². The van der Waals surface area contributed by atoms with Crippen molar-refractivity contribution in [1.82, 2.24) is 9.80 Å². The molecule has 0 aliphatic carbocycles. The van der Waals surface area contributed by atoms with Gasteiger partial charge >= 0.3 is 5.97 Å². The summed E-state index contributed by atoms with van der Waals surface area (Å²) < 4.78 is 5.44. The van der Waals surface area contributed by atoms with Crippen molar-refractivity contribution in [2.75, 3.05) is 34.3 Å². The quantitative estimate of drug-likeness (QED) is 0.774. The average Bonchev–Trinajstić information content (AvgIpc) is 2.51. The zero-order valence-electron chi connectivity index (χ0n) is 13.6. The van der Waals surface area contributed by atoms with Crippen molar-refractivity contribution in [2.45, 2.75) is 12.8 Å². The molecule has 0 atom stereocenters. The van der Waals surface area contributed by atoms with Gasteiger partial charge in [0.2, 0.25) is 0 Å². The second-order valence-electron chi connectivity index (χ2n) is 5.30. The van der Waals surface area contributed by atoms with Gasteiger partial charge in [0, 0.05) is 34.1 Å². The Bertz CT molecular complexity index is 571. The predicted molar refractivity (Wildman–Crippen MR) is 84.5 cm³/mol. The number of benzene rings is 1. The van der Waals surface area contributed by atoms with E-state index in [-0.39, 0.29) is 24.8 Å². The highest BCUT2D eigenvalue weighted by Gasteiger charge is 2.17. The number of carbonyl (C=O) groups is 3. The van der Waals surface area contributed by atoms with Crippen molar-refractivity contribution in [3.05, 3.63) is 29.8 Å². The summed E-state index contributed by atoms with van der Waals surface area (Å²) in [6, 6.07) is 6.67. The Hall–Kier alpha value is -2.57. The molecular weight excluding hydrogens is 300 g/mol. The van der Waals surface area contributed by atoms with Crippen molar-refractivity contribution < 1.29 is 24.2 Å². The summed E-state index contributed by atoms with van der Waals surface area (Å²) in [5, 5.41) is 8.63. The van der Waals surface area contributed by atoms with Gasteiger partial charge in [-0.1, -0.05) is 12.1 Å². The third kappa shape index (κ3) is 5.98. The maximum atomic E-state index is 12.4. The number of rotatable bonds is 8. The third-order valence-electron chi connectivity index (χ3n) is 3.20. The van der Waals surface area contributed by atoms with Crippen LogP contribution in [-0.2, 0) is 9.59 Å². The van der Waals surface area contributed by atoms with Gasteiger partial charge < -0.3 is 19.6 Å². The van der Waals surface area contributed by atoms with Crippen LogP contribution < -0.4 is 4.74 Å². The van der Waals surface area contributed by atoms with Gasteiger partial charge in [-0.2, -0.15) is 0 Å². The van der Waals surface area contributed by atoms with Crippen LogP contribution in [0, 0.1) is 0 Å². The largest absolute Gasteiger partial charge is 0.483 e. The Morgan fingerprint density at radius 3 is 2.39 bits per heavy atom. The van der Waals surface area contributed by atoms with E-state index in [1.165, 1.54) is 9.80 Å². The molecule has 0 spiro atoms. The summed E-state index contributed by atoms with van der Waals surface area (Å²) in [7, 11) is 4.85. The summed E-state index contributed by atoms with van der Waals surface area (Å²) in [5.41, 5.74) is 0.344. The molecule has 7 heteroatoms. The molecule has 126 valence electrons. The van der Waals surface area contributed by atoms with Crippen LogP contribution in [0.15, 0.2) is 24.3 Å². The topological polar surface area (TPSA) is 87.2 Å². The van der Waals surface area contributed by atoms with Crippen LogP contribution in [-0.4, -0.2) is 67.0 Å². The van der Waals surface area contributed by atoms with Crippen molar-refractivity contribution in [2.24, 2.45) is 0 Å². The van der Waals surface area contributed by atoms with Gasteiger partial charge in [-0.3, -0.25) is 14.4 Å². The second kappa shape index (κ2) is 8.77. The lowest BCUT2D eigenvalue weighted by molar-refractivity contribution is -0.137. The number of para-hydroxylation sites is 1. The number of hydrogen-bond donors (Lipinski definition) is 1. The van der Waals surface area contributed by atoms with Gasteiger partial charge in [0.15, 0.2) is 6.61 Å². The fourth-order valence-electron chi connectivity index (χ4n) is 1.81. The maximum Gasteiger partial charge on any atom is 0.303 e. The first-order chi connectivity index (χ1) is 10.8. The lowest BCUT2D eigenvalue weighted by atomic mass is 10.1. The van der Waals surface area contributed by atoms with E-state index in [2.05, 4.69) is 0 Å². The van der Waals surface area contributed by atoms with E-state index in [0.29, 0.717) is 24.3 Å². The standard InChI is InChI=1S/C16H22N2O5/c1-17(2)14(19)11-23-13-8-5-4-7-12(13)16(22)18(3)10-6-9-15(20)21/h4-5,7-8H,6,9-11H2,1-3H3,(H,20,21). The smallest absolute Gasteiger partial charge is 0.303 e. The third-order valence-corrected chi connectivity index (χ3v) is 3.20. The van der Waals surface area contributed by atoms with Crippen LogP contribution in [0.4, 0.5) is 0 Å². The summed E-state index contributed by atoms with van der Waals surface area (Å²) >= 11 is 0. The van der Waals surface area contributed by atoms with Gasteiger partial charge in [0.05, 0.1) is 5.56 Å². The molecule has 0 aromatic heterocycles. The van der Waals surface area contributed by atoms with E-state index in [1.54, 1.807) is 45.4 Å². The van der Waals surface area contributed by atoms with E-state index in [9.17, 15) is 14.4 Å². The van der Waals surface area contributed by atoms with Gasteiger partial charge in [0.25, 0.3) is 11.8 Å². The molecule has 0 radical (unpaired) electrons. The molecule has 0 saturated heterocycles. The molecule has 0 bridgehead atoms. The SMILES string of the molecule is CN(C)C(=O)COc1ccccc1C(=O)N(C)CCCC(=O)O. The number of aliphatic carboxylic acids is 1. The number of amides is 2. The lowest BCUT2D eigenvalue weighted by Gasteiger charge is -2.19. The molecule has 23 heavy (non-hydrogen) atoms. The highest BCUT2D eigenvalue weighted by molar-refractivity contribution is 5.96. The van der Waals surface area contributed by atoms with Gasteiger partial charge in [-0.15, -0.1) is 0 Å². The number of carbonyl (C=O) groups excluding carboxylic acids is 2. The average molecular weight is 322 g/mol. The minimum atomic E-state index is -0.892. The number of ether oxygens (including phenoxy) is 1. The summed E-state index contributed by atoms with van der Waals surface area (Å²) in [5.74, 6) is -1.04. The number of nitrogens with zero attached hydrogens (tertiary/aromatic N) is 2. The van der Waals surface area contributed by atoms with E-state index in [0.717, 1.165) is 0 Å². The minimum Gasteiger partial charge on any atom is -0.483 e. The molecule has 0 aliphatic rings. The highest BCUT2D eigenvalue weighted by atomic mass is 16.5. The van der Waals surface area contributed by atoms with Crippen LogP contribution in [0.25, 0.3) is 0 Å². The molecule has 0 heterocycles. The summed E-state index contributed by atoms with van der Waals surface area (Å²) in [6.07, 6.45) is 0.382. The van der Waals surface area contributed by atoms with E-state index in [4.69, 9.17) is 9.84 Å². The fraction of sp³-hybridized carbons (Fsp3) is 0.438. The monoisotopic (exact) mass is 322 g/mol. The molecular formula is C16H22N2O5. The molecule has 7 nitrogen and oxygen atoms in total. The molecule has 1 aromatic rings. The van der Waals surface area contributed by atoms with Crippen molar-refractivity contribution in [3.63, 3.8) is 0 Å². The molecule has 0 unspecified atom stereocenters. The Morgan fingerprint density at radius 2 is 1.78 bits per heavy atom. The van der Waals surface area contributed by atoms with Crippen LogP contribution in [0.5, 0.6) is 5.75 Å².